The van der Waals surface area contributed by atoms with Crippen molar-refractivity contribution in [3.63, 3.8) is 0 Å². The van der Waals surface area contributed by atoms with E-state index in [4.69, 9.17) is 5.11 Å². The molecule has 1 fully saturated rings. The summed E-state index contributed by atoms with van der Waals surface area (Å²) in [6.07, 6.45) is 8.10. The molecule has 1 heterocycles. The summed E-state index contributed by atoms with van der Waals surface area (Å²) in [7, 11) is 0. The molecule has 4 heteroatoms. The third-order valence-electron chi connectivity index (χ3n) is 3.94. The Balaban J connectivity index is 2.21. The van der Waals surface area contributed by atoms with E-state index in [1.807, 2.05) is 4.90 Å². The molecule has 1 unspecified atom stereocenters. The lowest BCUT2D eigenvalue weighted by Gasteiger charge is -2.20. The molecule has 0 aromatic heterocycles. The number of likely N-dealkylation sites (tertiary alicyclic amines) is 1. The van der Waals surface area contributed by atoms with Gasteiger partial charge in [-0.1, -0.05) is 26.2 Å². The highest BCUT2D eigenvalue weighted by Gasteiger charge is 2.21. The van der Waals surface area contributed by atoms with Crippen LogP contribution in [0.1, 0.15) is 64.7 Å². The van der Waals surface area contributed by atoms with Crippen molar-refractivity contribution in [2.75, 3.05) is 13.1 Å². The van der Waals surface area contributed by atoms with Crippen LogP contribution >= 0.6 is 0 Å². The van der Waals surface area contributed by atoms with Crippen molar-refractivity contribution in [2.45, 2.75) is 64.7 Å². The first-order valence-electron chi connectivity index (χ1n) is 7.63. The molecule has 1 amide bonds. The van der Waals surface area contributed by atoms with Crippen LogP contribution in [-0.2, 0) is 9.59 Å². The third-order valence-corrected chi connectivity index (χ3v) is 3.94. The van der Waals surface area contributed by atoms with E-state index in [9.17, 15) is 9.59 Å². The lowest BCUT2D eigenvalue weighted by molar-refractivity contribution is -0.137. The number of hydrogen-bond donors (Lipinski definition) is 1. The number of hydrogen-bond acceptors (Lipinski definition) is 2. The molecule has 110 valence electrons. The molecule has 1 saturated heterocycles. The molecule has 19 heavy (non-hydrogen) atoms. The number of amides is 1. The fraction of sp³-hybridized carbons (Fsp3) is 0.867. The average molecular weight is 269 g/mol. The van der Waals surface area contributed by atoms with E-state index >= 15 is 0 Å². The van der Waals surface area contributed by atoms with Crippen LogP contribution in [0.3, 0.4) is 0 Å². The summed E-state index contributed by atoms with van der Waals surface area (Å²) in [6.45, 7) is 3.90. The van der Waals surface area contributed by atoms with Crippen LogP contribution in [0.4, 0.5) is 0 Å². The first kappa shape index (κ1) is 16.0. The van der Waals surface area contributed by atoms with Crippen LogP contribution in [-0.4, -0.2) is 35.0 Å². The smallest absolute Gasteiger partial charge is 0.303 e. The number of nitrogens with zero attached hydrogens (tertiary/aromatic N) is 1. The summed E-state index contributed by atoms with van der Waals surface area (Å²) < 4.78 is 0. The molecule has 1 aliphatic heterocycles. The highest BCUT2D eigenvalue weighted by molar-refractivity contribution is 5.76. The number of carbonyl (C=O) groups excluding carboxylic acids is 1. The number of rotatable bonds is 8. The van der Waals surface area contributed by atoms with Crippen molar-refractivity contribution in [1.29, 1.82) is 0 Å². The van der Waals surface area contributed by atoms with Crippen molar-refractivity contribution in [1.82, 2.24) is 4.90 Å². The molecule has 0 aromatic carbocycles. The number of unbranched alkanes of at least 4 members (excludes halogenated alkanes) is 2. The third kappa shape index (κ3) is 6.60. The summed E-state index contributed by atoms with van der Waals surface area (Å²) in [5, 5.41) is 8.56. The molecule has 1 N–H and O–H groups in total. The minimum absolute atomic E-state index is 0.243. The van der Waals surface area contributed by atoms with E-state index in [-0.39, 0.29) is 12.3 Å². The van der Waals surface area contributed by atoms with Gasteiger partial charge < -0.3 is 10.0 Å². The fourth-order valence-corrected chi connectivity index (χ4v) is 2.78. The molecule has 1 atom stereocenters. The highest BCUT2D eigenvalue weighted by atomic mass is 16.4. The quantitative estimate of drug-likeness (QED) is 0.689. The Bertz CT molecular complexity index is 291. The summed E-state index contributed by atoms with van der Waals surface area (Å²) in [6, 6.07) is 0. The van der Waals surface area contributed by atoms with E-state index in [2.05, 4.69) is 6.92 Å². The maximum Gasteiger partial charge on any atom is 0.303 e. The second-order valence-corrected chi connectivity index (χ2v) is 5.57. The second-order valence-electron chi connectivity index (χ2n) is 5.57. The Morgan fingerprint density at radius 2 is 2.11 bits per heavy atom. The van der Waals surface area contributed by atoms with E-state index in [0.717, 1.165) is 45.2 Å². The van der Waals surface area contributed by atoms with Gasteiger partial charge in [0.1, 0.15) is 0 Å². The molecule has 1 aliphatic rings. The predicted octanol–water partition coefficient (Wildman–Crippen LogP) is 3.06. The normalized spacial score (nSPS) is 20.4. The van der Waals surface area contributed by atoms with Crippen molar-refractivity contribution in [3.8, 4) is 0 Å². The Labute approximate surface area is 116 Å². The van der Waals surface area contributed by atoms with Crippen molar-refractivity contribution in [2.24, 2.45) is 5.92 Å². The summed E-state index contributed by atoms with van der Waals surface area (Å²) >= 11 is 0. The molecule has 1 rings (SSSR count). The largest absolute Gasteiger partial charge is 0.481 e. The van der Waals surface area contributed by atoms with Gasteiger partial charge in [-0.05, 0) is 31.6 Å². The van der Waals surface area contributed by atoms with Crippen molar-refractivity contribution >= 4 is 11.9 Å². The monoisotopic (exact) mass is 269 g/mol. The van der Waals surface area contributed by atoms with Crippen LogP contribution in [0.15, 0.2) is 0 Å². The molecule has 4 nitrogen and oxygen atoms in total. The van der Waals surface area contributed by atoms with E-state index in [1.165, 1.54) is 12.8 Å². The number of aliphatic carboxylic acids is 1. The lowest BCUT2D eigenvalue weighted by Crippen LogP contribution is -2.31. The van der Waals surface area contributed by atoms with Crippen molar-refractivity contribution in [3.05, 3.63) is 0 Å². The van der Waals surface area contributed by atoms with Gasteiger partial charge in [0.05, 0.1) is 0 Å². The van der Waals surface area contributed by atoms with Gasteiger partial charge in [-0.3, -0.25) is 9.59 Å². The summed E-state index contributed by atoms with van der Waals surface area (Å²) in [4.78, 5) is 24.3. The predicted molar refractivity (Wildman–Crippen MR) is 74.9 cm³/mol. The standard InChI is InChI=1S/C15H27NO3/c1-2-6-13-8-9-14(17)16(12-10-13)11-5-3-4-7-15(18)19/h13H,2-12H2,1H3,(H,18,19). The van der Waals surface area contributed by atoms with E-state index in [1.54, 1.807) is 0 Å². The average Bonchev–Trinajstić information content (AvgIpc) is 2.53. The maximum atomic E-state index is 12.0. The van der Waals surface area contributed by atoms with Gasteiger partial charge in [0, 0.05) is 25.9 Å². The Morgan fingerprint density at radius 3 is 2.79 bits per heavy atom. The molecule has 0 radical (unpaired) electrons. The maximum absolute atomic E-state index is 12.0. The van der Waals surface area contributed by atoms with Gasteiger partial charge in [0.25, 0.3) is 0 Å². The van der Waals surface area contributed by atoms with E-state index in [0.29, 0.717) is 12.3 Å². The van der Waals surface area contributed by atoms with Gasteiger partial charge in [-0.25, -0.2) is 0 Å². The van der Waals surface area contributed by atoms with E-state index < -0.39 is 5.97 Å². The van der Waals surface area contributed by atoms with Gasteiger partial charge in [0.2, 0.25) is 5.91 Å². The highest BCUT2D eigenvalue weighted by Crippen LogP contribution is 2.22. The molecule has 0 aromatic rings. The zero-order valence-electron chi connectivity index (χ0n) is 12.1. The molecule has 0 bridgehead atoms. The Morgan fingerprint density at radius 1 is 1.32 bits per heavy atom. The first-order chi connectivity index (χ1) is 9.13. The van der Waals surface area contributed by atoms with Crippen LogP contribution in [0.2, 0.25) is 0 Å². The zero-order chi connectivity index (χ0) is 14.1. The lowest BCUT2D eigenvalue weighted by atomic mass is 9.96. The first-order valence-corrected chi connectivity index (χ1v) is 7.63. The molecule has 0 saturated carbocycles. The number of carbonyl (C=O) groups is 2. The molecule has 0 spiro atoms. The van der Waals surface area contributed by atoms with Crippen molar-refractivity contribution < 1.29 is 14.7 Å². The van der Waals surface area contributed by atoms with Gasteiger partial charge in [-0.2, -0.15) is 0 Å². The fourth-order valence-electron chi connectivity index (χ4n) is 2.78. The number of carboxylic acids is 1. The van der Waals surface area contributed by atoms with Gasteiger partial charge in [-0.15, -0.1) is 0 Å². The minimum Gasteiger partial charge on any atom is -0.481 e. The topological polar surface area (TPSA) is 57.6 Å². The SMILES string of the molecule is CCCC1CCC(=O)N(CCCCCC(=O)O)CC1. The van der Waals surface area contributed by atoms with Crippen LogP contribution < -0.4 is 0 Å². The Hall–Kier alpha value is -1.06. The van der Waals surface area contributed by atoms with Crippen LogP contribution in [0.5, 0.6) is 0 Å². The molecule has 0 aliphatic carbocycles. The van der Waals surface area contributed by atoms with Crippen LogP contribution in [0, 0.1) is 5.92 Å². The van der Waals surface area contributed by atoms with Gasteiger partial charge >= 0.3 is 5.97 Å². The summed E-state index contributed by atoms with van der Waals surface area (Å²) in [5.41, 5.74) is 0. The van der Waals surface area contributed by atoms with Crippen LogP contribution in [0.25, 0.3) is 0 Å². The minimum atomic E-state index is -0.728. The Kier molecular flexibility index (Phi) is 7.53. The zero-order valence-corrected chi connectivity index (χ0v) is 12.1. The van der Waals surface area contributed by atoms with Gasteiger partial charge in [0.15, 0.2) is 0 Å². The number of carboxylic acid groups (broad SMARTS) is 1. The summed E-state index contributed by atoms with van der Waals surface area (Å²) in [5.74, 6) is 0.274. The molecular formula is C15H27NO3. The second kappa shape index (κ2) is 8.94. The molecular weight excluding hydrogens is 242 g/mol.